The second kappa shape index (κ2) is 4.18. The Morgan fingerprint density at radius 1 is 1.38 bits per heavy atom. The number of rotatable bonds is 3. The lowest BCUT2D eigenvalue weighted by Gasteiger charge is -2.49. The Balaban J connectivity index is 1.80. The van der Waals surface area contributed by atoms with Crippen molar-refractivity contribution >= 4 is 0 Å². The monoisotopic (exact) mass is 222 g/mol. The first-order valence-electron chi connectivity index (χ1n) is 5.83. The van der Waals surface area contributed by atoms with Crippen molar-refractivity contribution in [1.82, 2.24) is 15.2 Å². The van der Waals surface area contributed by atoms with E-state index in [-0.39, 0.29) is 6.04 Å². The molecule has 2 atom stereocenters. The third kappa shape index (κ3) is 1.66. The number of furan rings is 1. The fraction of sp³-hybridized carbons (Fsp3) is 0.636. The van der Waals surface area contributed by atoms with Crippen LogP contribution in [0.5, 0.6) is 0 Å². The summed E-state index contributed by atoms with van der Waals surface area (Å²) in [4.78, 5) is 5.03. The number of nitrogens with one attached hydrogen (secondary N) is 1. The van der Waals surface area contributed by atoms with Crippen LogP contribution in [0.4, 0.5) is 0 Å². The van der Waals surface area contributed by atoms with Gasteiger partial charge >= 0.3 is 0 Å². The lowest BCUT2D eigenvalue weighted by molar-refractivity contribution is -0.00377. The molecule has 0 spiro atoms. The zero-order chi connectivity index (χ0) is 11.0. The summed E-state index contributed by atoms with van der Waals surface area (Å²) in [5.41, 5.74) is 4.07. The van der Waals surface area contributed by atoms with Crippen molar-refractivity contribution in [3.05, 3.63) is 24.2 Å². The van der Waals surface area contributed by atoms with Gasteiger partial charge in [0.25, 0.3) is 0 Å². The molecule has 5 nitrogen and oxygen atoms in total. The molecule has 0 aliphatic carbocycles. The molecule has 3 fully saturated rings. The van der Waals surface area contributed by atoms with Gasteiger partial charge in [0.15, 0.2) is 0 Å². The quantitative estimate of drug-likeness (QED) is 0.547. The van der Waals surface area contributed by atoms with Crippen LogP contribution in [0.25, 0.3) is 0 Å². The molecule has 5 heteroatoms. The molecule has 0 amide bonds. The third-order valence-corrected chi connectivity index (χ3v) is 3.79. The molecule has 1 aromatic rings. The van der Waals surface area contributed by atoms with Gasteiger partial charge in [0.2, 0.25) is 0 Å². The molecule has 16 heavy (non-hydrogen) atoms. The molecule has 0 saturated carbocycles. The van der Waals surface area contributed by atoms with E-state index in [9.17, 15) is 0 Å². The molecule has 0 radical (unpaired) electrons. The molecule has 3 N–H and O–H groups in total. The number of nitrogens with two attached hydrogens (primary N) is 1. The summed E-state index contributed by atoms with van der Waals surface area (Å²) in [5.74, 6) is 5.69. The molecule has 2 bridgehead atoms. The topological polar surface area (TPSA) is 57.7 Å². The van der Waals surface area contributed by atoms with E-state index in [1.807, 2.05) is 6.07 Å². The average Bonchev–Trinajstić information content (AvgIpc) is 2.85. The van der Waals surface area contributed by atoms with Gasteiger partial charge in [0, 0.05) is 44.3 Å². The van der Waals surface area contributed by atoms with Gasteiger partial charge < -0.3 is 4.42 Å². The van der Waals surface area contributed by atoms with Crippen LogP contribution in [-0.4, -0.2) is 48.6 Å². The number of nitrogens with zero attached hydrogens (tertiary/aromatic N) is 2. The van der Waals surface area contributed by atoms with E-state index in [4.69, 9.17) is 10.3 Å². The lowest BCUT2D eigenvalue weighted by atomic mass is 9.96. The minimum atomic E-state index is 0.168. The summed E-state index contributed by atoms with van der Waals surface area (Å²) >= 11 is 0. The van der Waals surface area contributed by atoms with Crippen LogP contribution in [0, 0.1) is 0 Å². The van der Waals surface area contributed by atoms with Gasteiger partial charge in [-0.15, -0.1) is 0 Å². The second-order valence-electron chi connectivity index (χ2n) is 4.60. The van der Waals surface area contributed by atoms with Gasteiger partial charge in [-0.2, -0.15) is 0 Å². The van der Waals surface area contributed by atoms with Crippen molar-refractivity contribution in [1.29, 1.82) is 0 Å². The highest BCUT2D eigenvalue weighted by Crippen LogP contribution is 2.26. The van der Waals surface area contributed by atoms with Crippen molar-refractivity contribution in [3.63, 3.8) is 0 Å². The zero-order valence-electron chi connectivity index (χ0n) is 9.30. The highest BCUT2D eigenvalue weighted by molar-refractivity contribution is 5.15. The van der Waals surface area contributed by atoms with E-state index in [2.05, 4.69) is 15.2 Å². The minimum absolute atomic E-state index is 0.168. The Morgan fingerprint density at radius 3 is 2.69 bits per heavy atom. The van der Waals surface area contributed by atoms with Gasteiger partial charge in [-0.25, -0.2) is 0 Å². The van der Waals surface area contributed by atoms with E-state index < -0.39 is 0 Å². The molecule has 88 valence electrons. The van der Waals surface area contributed by atoms with Gasteiger partial charge in [-0.05, 0) is 6.07 Å². The van der Waals surface area contributed by atoms with Crippen LogP contribution in [0.3, 0.4) is 0 Å². The van der Waals surface area contributed by atoms with Crippen molar-refractivity contribution in [2.24, 2.45) is 5.84 Å². The second-order valence-corrected chi connectivity index (χ2v) is 4.60. The Labute approximate surface area is 95.1 Å². The molecular weight excluding hydrogens is 204 g/mol. The predicted molar refractivity (Wildman–Crippen MR) is 60.6 cm³/mol. The number of piperazine rings is 3. The van der Waals surface area contributed by atoms with Crippen LogP contribution in [0.1, 0.15) is 11.6 Å². The Hall–Kier alpha value is -0.880. The molecule has 4 rings (SSSR count). The summed E-state index contributed by atoms with van der Waals surface area (Å²) in [7, 11) is 0. The molecule has 2 unspecified atom stereocenters. The number of hydrogen-bond acceptors (Lipinski definition) is 5. The maximum atomic E-state index is 5.69. The van der Waals surface area contributed by atoms with Crippen LogP contribution in [0.15, 0.2) is 23.0 Å². The molecular formula is C11H18N4O. The zero-order valence-corrected chi connectivity index (χ0v) is 9.30. The summed E-state index contributed by atoms with van der Waals surface area (Å²) in [5, 5.41) is 0. The van der Waals surface area contributed by atoms with Crippen molar-refractivity contribution in [3.8, 4) is 0 Å². The maximum absolute atomic E-state index is 5.69. The lowest BCUT2D eigenvalue weighted by Crippen LogP contribution is -2.64. The van der Waals surface area contributed by atoms with E-state index in [1.165, 1.54) is 13.1 Å². The average molecular weight is 222 g/mol. The third-order valence-electron chi connectivity index (χ3n) is 3.79. The highest BCUT2D eigenvalue weighted by Gasteiger charge is 2.37. The van der Waals surface area contributed by atoms with E-state index in [1.54, 1.807) is 12.5 Å². The van der Waals surface area contributed by atoms with Crippen molar-refractivity contribution < 1.29 is 4.42 Å². The normalized spacial score (nSPS) is 35.2. The van der Waals surface area contributed by atoms with Gasteiger partial charge in [-0.3, -0.25) is 21.1 Å². The van der Waals surface area contributed by atoms with Gasteiger partial charge in [-0.1, -0.05) is 0 Å². The molecule has 3 aliphatic heterocycles. The fourth-order valence-corrected chi connectivity index (χ4v) is 2.86. The number of fused-ring (bicyclic) bond motifs is 3. The first-order valence-corrected chi connectivity index (χ1v) is 5.83. The SMILES string of the molecule is NNC(c1ccoc1)C1CN2CCN1CC2. The summed E-state index contributed by atoms with van der Waals surface area (Å²) in [6, 6.07) is 2.62. The summed E-state index contributed by atoms with van der Waals surface area (Å²) in [6.07, 6.45) is 3.49. The van der Waals surface area contributed by atoms with E-state index in [0.717, 1.165) is 25.2 Å². The predicted octanol–water partition coefficient (Wildman–Crippen LogP) is -0.216. The fourth-order valence-electron chi connectivity index (χ4n) is 2.86. The Morgan fingerprint density at radius 2 is 2.19 bits per heavy atom. The molecule has 4 heterocycles. The van der Waals surface area contributed by atoms with Crippen LogP contribution < -0.4 is 11.3 Å². The first kappa shape index (κ1) is 10.3. The smallest absolute Gasteiger partial charge is 0.0951 e. The number of hydrazine groups is 1. The van der Waals surface area contributed by atoms with Crippen molar-refractivity contribution in [2.75, 3.05) is 32.7 Å². The minimum Gasteiger partial charge on any atom is -0.472 e. The van der Waals surface area contributed by atoms with Crippen LogP contribution >= 0.6 is 0 Å². The first-order chi connectivity index (χ1) is 7.88. The maximum Gasteiger partial charge on any atom is 0.0951 e. The van der Waals surface area contributed by atoms with Crippen LogP contribution in [0.2, 0.25) is 0 Å². The standard InChI is InChI=1S/C11H18N4O/c12-13-11(9-1-6-16-8-9)10-7-14-2-4-15(10)5-3-14/h1,6,8,10-11,13H,2-5,7,12H2. The van der Waals surface area contributed by atoms with Gasteiger partial charge in [0.05, 0.1) is 18.6 Å². The van der Waals surface area contributed by atoms with E-state index >= 15 is 0 Å². The van der Waals surface area contributed by atoms with Crippen LogP contribution in [-0.2, 0) is 0 Å². The Kier molecular flexibility index (Phi) is 2.69. The summed E-state index contributed by atoms with van der Waals surface area (Å²) < 4.78 is 5.14. The molecule has 3 saturated heterocycles. The summed E-state index contributed by atoms with van der Waals surface area (Å²) in [6.45, 7) is 5.79. The molecule has 3 aliphatic rings. The van der Waals surface area contributed by atoms with Gasteiger partial charge in [0.1, 0.15) is 0 Å². The molecule has 1 aromatic heterocycles. The largest absolute Gasteiger partial charge is 0.472 e. The van der Waals surface area contributed by atoms with E-state index in [0.29, 0.717) is 6.04 Å². The Bertz CT molecular complexity index is 332. The molecule has 0 aromatic carbocycles. The number of hydrogen-bond donors (Lipinski definition) is 2. The van der Waals surface area contributed by atoms with Crippen molar-refractivity contribution in [2.45, 2.75) is 12.1 Å². The highest BCUT2D eigenvalue weighted by atomic mass is 16.3.